The summed E-state index contributed by atoms with van der Waals surface area (Å²) in [4.78, 5) is 6.22. The van der Waals surface area contributed by atoms with Crippen molar-refractivity contribution in [2.45, 2.75) is 25.4 Å². The van der Waals surface area contributed by atoms with Gasteiger partial charge in [0.25, 0.3) is 0 Å². The average molecular weight is 334 g/mol. The second kappa shape index (κ2) is 5.53. The highest BCUT2D eigenvalue weighted by Crippen LogP contribution is 2.43. The van der Waals surface area contributed by atoms with Crippen molar-refractivity contribution in [1.82, 2.24) is 9.88 Å². The van der Waals surface area contributed by atoms with Gasteiger partial charge >= 0.3 is 0 Å². The van der Waals surface area contributed by atoms with Gasteiger partial charge in [0.05, 0.1) is 14.2 Å². The van der Waals surface area contributed by atoms with Crippen molar-refractivity contribution >= 4 is 10.9 Å². The van der Waals surface area contributed by atoms with Gasteiger partial charge in [-0.15, -0.1) is 0 Å². The summed E-state index contributed by atoms with van der Waals surface area (Å²) in [6.07, 6.45) is 2.10. The number of fused-ring (bicyclic) bond motifs is 6. The van der Waals surface area contributed by atoms with Crippen LogP contribution in [0.15, 0.2) is 36.4 Å². The number of hydrogen-bond acceptors (Lipinski definition) is 3. The van der Waals surface area contributed by atoms with Crippen LogP contribution >= 0.6 is 0 Å². The van der Waals surface area contributed by atoms with Gasteiger partial charge in [-0.1, -0.05) is 18.2 Å². The molecule has 1 unspecified atom stereocenters. The molecule has 1 N–H and O–H groups in total. The zero-order chi connectivity index (χ0) is 17.0. The standard InChI is InChI=1S/C21H22N2O2/c1-24-20-9-13-7-8-23-12-18-16(14-5-3-4-6-17(14)22-18)10-19(23)15(13)11-21(20)25-2/h3-6,9,11,19,22H,7-8,10,12H2,1-2H3. The minimum atomic E-state index is 0.412. The van der Waals surface area contributed by atoms with Gasteiger partial charge in [-0.2, -0.15) is 0 Å². The fourth-order valence-corrected chi connectivity index (χ4v) is 4.53. The molecular formula is C21H22N2O2. The predicted octanol–water partition coefficient (Wildman–Crippen LogP) is 3.84. The van der Waals surface area contributed by atoms with Gasteiger partial charge in [0.15, 0.2) is 11.5 Å². The van der Waals surface area contributed by atoms with Crippen molar-refractivity contribution in [3.63, 3.8) is 0 Å². The van der Waals surface area contributed by atoms with E-state index in [0.717, 1.165) is 37.4 Å². The average Bonchev–Trinajstić information content (AvgIpc) is 3.02. The van der Waals surface area contributed by atoms with Crippen molar-refractivity contribution in [1.29, 1.82) is 0 Å². The molecule has 1 atom stereocenters. The molecule has 2 aliphatic heterocycles. The Balaban J connectivity index is 1.62. The van der Waals surface area contributed by atoms with E-state index >= 15 is 0 Å². The van der Waals surface area contributed by atoms with Crippen molar-refractivity contribution in [2.75, 3.05) is 20.8 Å². The summed E-state index contributed by atoms with van der Waals surface area (Å²) in [5, 5.41) is 1.37. The van der Waals surface area contributed by atoms with Crippen LogP contribution in [0.2, 0.25) is 0 Å². The Bertz CT molecular complexity index is 960. The summed E-state index contributed by atoms with van der Waals surface area (Å²) in [7, 11) is 3.42. The summed E-state index contributed by atoms with van der Waals surface area (Å²) < 4.78 is 11.1. The lowest BCUT2D eigenvalue weighted by molar-refractivity contribution is 0.159. The maximum absolute atomic E-state index is 5.56. The highest BCUT2D eigenvalue weighted by atomic mass is 16.5. The number of benzene rings is 2. The fourth-order valence-electron chi connectivity index (χ4n) is 4.53. The van der Waals surface area contributed by atoms with Crippen LogP contribution in [0.3, 0.4) is 0 Å². The molecule has 5 rings (SSSR count). The maximum atomic E-state index is 5.56. The van der Waals surface area contributed by atoms with E-state index in [1.807, 2.05) is 0 Å². The van der Waals surface area contributed by atoms with Crippen LogP contribution in [-0.4, -0.2) is 30.6 Å². The van der Waals surface area contributed by atoms with Crippen LogP contribution < -0.4 is 9.47 Å². The third kappa shape index (κ3) is 2.17. The van der Waals surface area contributed by atoms with E-state index in [1.54, 1.807) is 14.2 Å². The van der Waals surface area contributed by atoms with Crippen molar-refractivity contribution in [2.24, 2.45) is 0 Å². The second-order valence-electron chi connectivity index (χ2n) is 6.97. The molecule has 4 nitrogen and oxygen atoms in total. The lowest BCUT2D eigenvalue weighted by Gasteiger charge is -2.40. The molecule has 0 aliphatic carbocycles. The van der Waals surface area contributed by atoms with Crippen LogP contribution in [0.1, 0.15) is 28.4 Å². The Morgan fingerprint density at radius 3 is 2.72 bits per heavy atom. The molecule has 1 aromatic heterocycles. The number of methoxy groups -OCH3 is 2. The largest absolute Gasteiger partial charge is 0.493 e. The number of rotatable bonds is 2. The van der Waals surface area contributed by atoms with Crippen LogP contribution in [0, 0.1) is 0 Å². The normalized spacial score (nSPS) is 19.2. The molecule has 25 heavy (non-hydrogen) atoms. The van der Waals surface area contributed by atoms with Crippen molar-refractivity contribution < 1.29 is 9.47 Å². The number of nitrogens with zero attached hydrogens (tertiary/aromatic N) is 1. The quantitative estimate of drug-likeness (QED) is 0.774. The lowest BCUT2D eigenvalue weighted by Crippen LogP contribution is -2.39. The molecule has 0 radical (unpaired) electrons. The van der Waals surface area contributed by atoms with Gasteiger partial charge in [0, 0.05) is 35.7 Å². The van der Waals surface area contributed by atoms with Crippen LogP contribution in [-0.2, 0) is 19.4 Å². The zero-order valence-electron chi connectivity index (χ0n) is 14.6. The number of hydrogen-bond donors (Lipinski definition) is 1. The molecule has 3 heterocycles. The highest BCUT2D eigenvalue weighted by molar-refractivity contribution is 5.85. The fraction of sp³-hybridized carbons (Fsp3) is 0.333. The molecule has 0 amide bonds. The lowest BCUT2D eigenvalue weighted by atomic mass is 9.85. The third-order valence-electron chi connectivity index (χ3n) is 5.77. The van der Waals surface area contributed by atoms with Gasteiger partial charge in [-0.3, -0.25) is 4.90 Å². The molecule has 2 aromatic carbocycles. The second-order valence-corrected chi connectivity index (χ2v) is 6.97. The Morgan fingerprint density at radius 2 is 1.88 bits per heavy atom. The van der Waals surface area contributed by atoms with Gasteiger partial charge in [-0.05, 0) is 47.7 Å². The molecule has 128 valence electrons. The molecule has 3 aromatic rings. The molecular weight excluding hydrogens is 312 g/mol. The molecule has 0 fully saturated rings. The predicted molar refractivity (Wildman–Crippen MR) is 98.4 cm³/mol. The van der Waals surface area contributed by atoms with Crippen molar-refractivity contribution in [3.8, 4) is 11.5 Å². The molecule has 0 saturated heterocycles. The van der Waals surface area contributed by atoms with E-state index < -0.39 is 0 Å². The topological polar surface area (TPSA) is 37.5 Å². The highest BCUT2D eigenvalue weighted by Gasteiger charge is 2.34. The van der Waals surface area contributed by atoms with E-state index in [0.29, 0.717) is 6.04 Å². The van der Waals surface area contributed by atoms with Gasteiger partial charge < -0.3 is 14.5 Å². The molecule has 4 heteroatoms. The summed E-state index contributed by atoms with van der Waals surface area (Å²) >= 11 is 0. The van der Waals surface area contributed by atoms with Gasteiger partial charge in [0.2, 0.25) is 0 Å². The summed E-state index contributed by atoms with van der Waals surface area (Å²) in [6.45, 7) is 2.07. The first-order valence-electron chi connectivity index (χ1n) is 8.86. The van der Waals surface area contributed by atoms with E-state index in [2.05, 4.69) is 46.3 Å². The third-order valence-corrected chi connectivity index (χ3v) is 5.77. The summed E-state index contributed by atoms with van der Waals surface area (Å²) in [6, 6.07) is 13.4. The smallest absolute Gasteiger partial charge is 0.161 e. The number of nitrogens with one attached hydrogen (secondary N) is 1. The Labute approximate surface area is 147 Å². The first-order valence-corrected chi connectivity index (χ1v) is 8.86. The number of ether oxygens (including phenoxy) is 2. The molecule has 2 aliphatic rings. The summed E-state index contributed by atoms with van der Waals surface area (Å²) in [5.74, 6) is 1.66. The monoisotopic (exact) mass is 334 g/mol. The minimum Gasteiger partial charge on any atom is -0.493 e. The number of H-pyrrole nitrogens is 1. The van der Waals surface area contributed by atoms with E-state index in [-0.39, 0.29) is 0 Å². The van der Waals surface area contributed by atoms with E-state index in [4.69, 9.17) is 9.47 Å². The zero-order valence-corrected chi connectivity index (χ0v) is 14.6. The number of aromatic amines is 1. The van der Waals surface area contributed by atoms with Crippen LogP contribution in [0.4, 0.5) is 0 Å². The Morgan fingerprint density at radius 1 is 1.08 bits per heavy atom. The minimum absolute atomic E-state index is 0.412. The molecule has 0 saturated carbocycles. The van der Waals surface area contributed by atoms with E-state index in [1.165, 1.54) is 33.3 Å². The summed E-state index contributed by atoms with van der Waals surface area (Å²) in [5.41, 5.74) is 6.88. The SMILES string of the molecule is COc1cc2c(cc1OC)C1Cc3c([nH]c4ccccc34)CN1CC2. The first-order chi connectivity index (χ1) is 12.3. The first kappa shape index (κ1) is 14.8. The van der Waals surface area contributed by atoms with Gasteiger partial charge in [0.1, 0.15) is 0 Å². The van der Waals surface area contributed by atoms with Gasteiger partial charge in [-0.25, -0.2) is 0 Å². The number of para-hydroxylation sites is 1. The number of aromatic nitrogens is 1. The molecule has 0 bridgehead atoms. The Kier molecular flexibility index (Phi) is 3.28. The maximum Gasteiger partial charge on any atom is 0.161 e. The Hall–Kier alpha value is -2.46. The molecule has 0 spiro atoms. The van der Waals surface area contributed by atoms with Crippen molar-refractivity contribution in [3.05, 3.63) is 58.8 Å². The van der Waals surface area contributed by atoms with Crippen LogP contribution in [0.5, 0.6) is 11.5 Å². The van der Waals surface area contributed by atoms with Crippen LogP contribution in [0.25, 0.3) is 10.9 Å². The van der Waals surface area contributed by atoms with E-state index in [9.17, 15) is 0 Å².